The minimum absolute atomic E-state index is 0. The zero-order valence-electron chi connectivity index (χ0n) is 6.36. The van der Waals surface area contributed by atoms with E-state index in [1.165, 1.54) is 0 Å². The molecule has 0 aliphatic carbocycles. The topological polar surface area (TPSA) is 33.1 Å². The summed E-state index contributed by atoms with van der Waals surface area (Å²) in [5, 5.41) is 10.3. The molecule has 2 aromatic rings. The Morgan fingerprint density at radius 3 is 2.58 bits per heavy atom. The SMILES string of the molecule is Oc1cccc2cccnc12.[Nd]. The van der Waals surface area contributed by atoms with Crippen molar-refractivity contribution in [3.63, 3.8) is 0 Å². The van der Waals surface area contributed by atoms with Crippen LogP contribution in [0.15, 0.2) is 36.5 Å². The van der Waals surface area contributed by atoms with Crippen LogP contribution in [0.1, 0.15) is 0 Å². The van der Waals surface area contributed by atoms with Gasteiger partial charge in [0.1, 0.15) is 11.3 Å². The number of rotatable bonds is 0. The summed E-state index contributed by atoms with van der Waals surface area (Å²) >= 11 is 0. The Morgan fingerprint density at radius 2 is 1.83 bits per heavy atom. The van der Waals surface area contributed by atoms with Gasteiger partial charge in [0, 0.05) is 52.4 Å². The van der Waals surface area contributed by atoms with Gasteiger partial charge in [-0.2, -0.15) is 0 Å². The van der Waals surface area contributed by atoms with Crippen molar-refractivity contribution in [3.05, 3.63) is 36.5 Å². The van der Waals surface area contributed by atoms with Crippen molar-refractivity contribution in [2.75, 3.05) is 0 Å². The van der Waals surface area contributed by atoms with Crippen LogP contribution in [0.3, 0.4) is 0 Å². The van der Waals surface area contributed by atoms with Crippen molar-refractivity contribution in [1.29, 1.82) is 0 Å². The molecule has 0 aliphatic heterocycles. The van der Waals surface area contributed by atoms with Crippen LogP contribution in [0, 0.1) is 40.8 Å². The minimum atomic E-state index is 0. The number of nitrogens with zero attached hydrogens (tertiary/aromatic N) is 1. The number of hydrogen-bond donors (Lipinski definition) is 1. The van der Waals surface area contributed by atoms with Crippen molar-refractivity contribution >= 4 is 10.9 Å². The number of fused-ring (bicyclic) bond motifs is 1. The third kappa shape index (κ3) is 1.75. The number of benzene rings is 1. The first-order valence-electron chi connectivity index (χ1n) is 3.40. The van der Waals surface area contributed by atoms with Gasteiger partial charge in [0.25, 0.3) is 0 Å². The summed E-state index contributed by atoms with van der Waals surface area (Å²) in [6.45, 7) is 0. The zero-order valence-corrected chi connectivity index (χ0v) is 9.57. The van der Waals surface area contributed by atoms with Gasteiger partial charge in [0.05, 0.1) is 0 Å². The Labute approximate surface area is 103 Å². The van der Waals surface area contributed by atoms with Crippen LogP contribution in [0.2, 0.25) is 0 Å². The van der Waals surface area contributed by atoms with Gasteiger partial charge in [0.2, 0.25) is 0 Å². The summed E-state index contributed by atoms with van der Waals surface area (Å²) in [4.78, 5) is 4.03. The number of hydrogen-bond acceptors (Lipinski definition) is 2. The molecule has 3 heteroatoms. The van der Waals surface area contributed by atoms with Crippen LogP contribution in [-0.2, 0) is 0 Å². The molecule has 0 fully saturated rings. The third-order valence-corrected chi connectivity index (χ3v) is 1.61. The minimum Gasteiger partial charge on any atom is -0.506 e. The number of aromatic nitrogens is 1. The molecular weight excluding hydrogens is 282 g/mol. The Hall–Kier alpha value is -0.219. The zero-order chi connectivity index (χ0) is 7.68. The summed E-state index contributed by atoms with van der Waals surface area (Å²) in [6, 6.07) is 9.13. The molecule has 1 aromatic carbocycles. The Balaban J connectivity index is 0.000000720. The van der Waals surface area contributed by atoms with E-state index in [2.05, 4.69) is 4.98 Å². The van der Waals surface area contributed by atoms with Crippen molar-refractivity contribution in [3.8, 4) is 5.75 Å². The second-order valence-electron chi connectivity index (χ2n) is 2.35. The summed E-state index contributed by atoms with van der Waals surface area (Å²) in [5.74, 6) is 0.239. The standard InChI is InChI=1S/C9H7NO.Nd/c11-8-5-1-3-7-4-2-6-10-9(7)8;/h1-6,11H;. The molecule has 1 N–H and O–H groups in total. The largest absolute Gasteiger partial charge is 0.506 e. The number of phenols is 1. The summed E-state index contributed by atoms with van der Waals surface area (Å²) in [7, 11) is 0. The van der Waals surface area contributed by atoms with Crippen molar-refractivity contribution in [2.24, 2.45) is 0 Å². The first kappa shape index (κ1) is 9.87. The van der Waals surface area contributed by atoms with Crippen LogP contribution < -0.4 is 0 Å². The number of aromatic hydroxyl groups is 1. The van der Waals surface area contributed by atoms with Gasteiger partial charge in [-0.3, -0.25) is 4.98 Å². The molecule has 0 saturated carbocycles. The number of para-hydroxylation sites is 1. The second-order valence-corrected chi connectivity index (χ2v) is 2.35. The molecule has 0 atom stereocenters. The summed E-state index contributed by atoms with van der Waals surface area (Å²) in [6.07, 6.45) is 1.67. The summed E-state index contributed by atoms with van der Waals surface area (Å²) in [5.41, 5.74) is 0.662. The van der Waals surface area contributed by atoms with Gasteiger partial charge in [-0.25, -0.2) is 0 Å². The van der Waals surface area contributed by atoms with Gasteiger partial charge in [-0.1, -0.05) is 18.2 Å². The number of pyridine rings is 1. The van der Waals surface area contributed by atoms with Crippen LogP contribution >= 0.6 is 0 Å². The fraction of sp³-hybridized carbons (Fsp3) is 0. The summed E-state index contributed by atoms with van der Waals surface area (Å²) < 4.78 is 0. The Bertz CT molecular complexity index is 384. The van der Waals surface area contributed by atoms with E-state index < -0.39 is 0 Å². The van der Waals surface area contributed by atoms with Crippen LogP contribution in [0.25, 0.3) is 10.9 Å². The van der Waals surface area contributed by atoms with E-state index in [-0.39, 0.29) is 46.6 Å². The van der Waals surface area contributed by atoms with E-state index in [1.54, 1.807) is 18.3 Å². The Morgan fingerprint density at radius 1 is 1.08 bits per heavy atom. The molecule has 0 bridgehead atoms. The maximum atomic E-state index is 9.31. The second kappa shape index (κ2) is 4.14. The molecule has 0 radical (unpaired) electrons. The first-order chi connectivity index (χ1) is 5.38. The van der Waals surface area contributed by atoms with Gasteiger partial charge < -0.3 is 5.11 Å². The van der Waals surface area contributed by atoms with Crippen LogP contribution in [0.5, 0.6) is 5.75 Å². The van der Waals surface area contributed by atoms with Gasteiger partial charge in [0.15, 0.2) is 0 Å². The van der Waals surface area contributed by atoms with E-state index in [9.17, 15) is 5.11 Å². The first-order valence-corrected chi connectivity index (χ1v) is 3.40. The van der Waals surface area contributed by atoms with Gasteiger partial charge in [-0.05, 0) is 12.1 Å². The van der Waals surface area contributed by atoms with Crippen molar-refractivity contribution < 1.29 is 45.9 Å². The molecule has 58 valence electrons. The maximum absolute atomic E-state index is 9.31. The molecule has 0 amide bonds. The normalized spacial score (nSPS) is 9.33. The van der Waals surface area contributed by atoms with E-state index >= 15 is 0 Å². The fourth-order valence-electron chi connectivity index (χ4n) is 1.09. The molecule has 1 aromatic heterocycles. The van der Waals surface area contributed by atoms with Gasteiger partial charge in [-0.15, -0.1) is 0 Å². The third-order valence-electron chi connectivity index (χ3n) is 1.61. The molecule has 0 spiro atoms. The number of phenolic OH excluding ortho intramolecular Hbond substituents is 1. The van der Waals surface area contributed by atoms with Gasteiger partial charge >= 0.3 is 0 Å². The fourth-order valence-corrected chi connectivity index (χ4v) is 1.09. The molecule has 1 heterocycles. The molecule has 2 nitrogen and oxygen atoms in total. The molecule has 0 aliphatic rings. The smallest absolute Gasteiger partial charge is 0.141 e. The van der Waals surface area contributed by atoms with Crippen LogP contribution in [-0.4, -0.2) is 10.1 Å². The molecule has 12 heavy (non-hydrogen) atoms. The van der Waals surface area contributed by atoms with Crippen LogP contribution in [0.4, 0.5) is 0 Å². The van der Waals surface area contributed by atoms with Crippen molar-refractivity contribution in [1.82, 2.24) is 4.98 Å². The molecule has 0 unspecified atom stereocenters. The van der Waals surface area contributed by atoms with E-state index in [0.29, 0.717) is 5.52 Å². The average Bonchev–Trinajstić information content (AvgIpc) is 2.06. The van der Waals surface area contributed by atoms with E-state index in [1.807, 2.05) is 18.2 Å². The van der Waals surface area contributed by atoms with E-state index in [4.69, 9.17) is 0 Å². The predicted molar refractivity (Wildman–Crippen MR) is 43.4 cm³/mol. The molecular formula is C9H7NNdO. The average molecular weight is 289 g/mol. The predicted octanol–water partition coefficient (Wildman–Crippen LogP) is 1.94. The molecule has 2 rings (SSSR count). The maximum Gasteiger partial charge on any atom is 0.141 e. The Kier molecular flexibility index (Phi) is 3.40. The molecule has 0 saturated heterocycles. The monoisotopic (exact) mass is 287 g/mol. The van der Waals surface area contributed by atoms with E-state index in [0.717, 1.165) is 5.39 Å². The van der Waals surface area contributed by atoms with Crippen molar-refractivity contribution in [2.45, 2.75) is 0 Å². The quantitative estimate of drug-likeness (QED) is 0.804.